The number of ether oxygens (including phenoxy) is 1. The number of hydrogen-bond donors (Lipinski definition) is 1. The maximum atomic E-state index is 12.6. The van der Waals surface area contributed by atoms with Crippen LogP contribution in [0.1, 0.15) is 23.3 Å². The van der Waals surface area contributed by atoms with E-state index in [-0.39, 0.29) is 5.69 Å². The van der Waals surface area contributed by atoms with E-state index in [9.17, 15) is 9.59 Å². The summed E-state index contributed by atoms with van der Waals surface area (Å²) in [5.74, 6) is 0.00454. The number of nitrogens with zero attached hydrogens (tertiary/aromatic N) is 5. The minimum absolute atomic E-state index is 0.0569. The van der Waals surface area contributed by atoms with Gasteiger partial charge in [0.15, 0.2) is 18.1 Å². The average molecular weight is 469 g/mol. The van der Waals surface area contributed by atoms with Gasteiger partial charge in [-0.1, -0.05) is 48.5 Å². The van der Waals surface area contributed by atoms with E-state index < -0.39 is 18.5 Å². The second kappa shape index (κ2) is 10.2. The van der Waals surface area contributed by atoms with Gasteiger partial charge in [0.25, 0.3) is 5.91 Å². The Hall–Kier alpha value is -4.53. The minimum atomic E-state index is -0.706. The summed E-state index contributed by atoms with van der Waals surface area (Å²) < 4.78 is 6.81. The van der Waals surface area contributed by atoms with Gasteiger partial charge < -0.3 is 15.0 Å². The van der Waals surface area contributed by atoms with Crippen molar-refractivity contribution < 1.29 is 14.3 Å². The quantitative estimate of drug-likeness (QED) is 0.412. The highest BCUT2D eigenvalue weighted by Gasteiger charge is 2.18. The molecule has 1 aliphatic rings. The maximum absolute atomic E-state index is 12.6. The molecule has 0 atom stereocenters. The number of aromatic nitrogens is 4. The first kappa shape index (κ1) is 22.3. The summed E-state index contributed by atoms with van der Waals surface area (Å²) in [6.07, 6.45) is 2.24. The Kier molecular flexibility index (Phi) is 6.47. The highest BCUT2D eigenvalue weighted by Crippen LogP contribution is 2.24. The smallest absolute Gasteiger partial charge is 0.359 e. The molecule has 0 unspecified atom stereocenters. The van der Waals surface area contributed by atoms with Crippen molar-refractivity contribution in [1.82, 2.24) is 20.0 Å². The fraction of sp³-hybridized carbons (Fsp3) is 0.192. The second-order valence-electron chi connectivity index (χ2n) is 8.12. The number of hydrogen-bond acceptors (Lipinski definition) is 7. The Morgan fingerprint density at radius 2 is 1.60 bits per heavy atom. The molecule has 35 heavy (non-hydrogen) atoms. The minimum Gasteiger partial charge on any atom is -0.451 e. The summed E-state index contributed by atoms with van der Waals surface area (Å²) in [4.78, 5) is 27.1. The van der Waals surface area contributed by atoms with Crippen LogP contribution in [0.4, 0.5) is 11.6 Å². The van der Waals surface area contributed by atoms with E-state index in [1.165, 1.54) is 0 Å². The lowest BCUT2D eigenvalue weighted by molar-refractivity contribution is -0.119. The fourth-order valence-electron chi connectivity index (χ4n) is 3.92. The van der Waals surface area contributed by atoms with Crippen LogP contribution in [0.2, 0.25) is 0 Å². The molecule has 0 saturated carbocycles. The molecule has 0 bridgehead atoms. The summed E-state index contributed by atoms with van der Waals surface area (Å²) in [5, 5.41) is 15.5. The van der Waals surface area contributed by atoms with E-state index in [0.717, 1.165) is 43.0 Å². The molecule has 176 valence electrons. The monoisotopic (exact) mass is 468 g/mol. The molecule has 1 aliphatic heterocycles. The van der Waals surface area contributed by atoms with Crippen LogP contribution >= 0.6 is 0 Å². The van der Waals surface area contributed by atoms with Crippen LogP contribution in [-0.4, -0.2) is 51.6 Å². The van der Waals surface area contributed by atoms with Crippen LogP contribution in [0, 0.1) is 0 Å². The summed E-state index contributed by atoms with van der Waals surface area (Å²) in [6.45, 7) is 1.41. The van der Waals surface area contributed by atoms with Gasteiger partial charge in [-0.3, -0.25) is 4.79 Å². The highest BCUT2D eigenvalue weighted by atomic mass is 16.5. The molecule has 2 aromatic heterocycles. The SMILES string of the molecule is O=C(COC(=O)c1ccc(N2CCCC2)nn1)Nc1cc(-c2ccccc2)nn1-c1ccccc1. The fourth-order valence-corrected chi connectivity index (χ4v) is 3.92. The molecule has 3 heterocycles. The zero-order valence-electron chi connectivity index (χ0n) is 19.0. The molecule has 1 N–H and O–H groups in total. The Balaban J connectivity index is 1.26. The van der Waals surface area contributed by atoms with Crippen LogP contribution in [-0.2, 0) is 9.53 Å². The molecule has 0 radical (unpaired) electrons. The molecule has 0 aliphatic carbocycles. The van der Waals surface area contributed by atoms with E-state index >= 15 is 0 Å². The highest BCUT2D eigenvalue weighted by molar-refractivity contribution is 5.95. The normalized spacial score (nSPS) is 13.0. The number of carbonyl (C=O) groups excluding carboxylic acids is 2. The van der Waals surface area contributed by atoms with Gasteiger partial charge >= 0.3 is 5.97 Å². The van der Waals surface area contributed by atoms with Crippen LogP contribution < -0.4 is 10.2 Å². The van der Waals surface area contributed by atoms with Gasteiger partial charge in [-0.05, 0) is 37.1 Å². The lowest BCUT2D eigenvalue weighted by atomic mass is 10.2. The predicted molar refractivity (Wildman–Crippen MR) is 131 cm³/mol. The molecule has 5 rings (SSSR count). The zero-order valence-corrected chi connectivity index (χ0v) is 19.0. The molecule has 1 saturated heterocycles. The van der Waals surface area contributed by atoms with Crippen LogP contribution in [0.3, 0.4) is 0 Å². The van der Waals surface area contributed by atoms with Crippen molar-refractivity contribution in [1.29, 1.82) is 0 Å². The van der Waals surface area contributed by atoms with E-state index in [1.54, 1.807) is 22.9 Å². The Morgan fingerprint density at radius 1 is 0.886 bits per heavy atom. The Morgan fingerprint density at radius 3 is 2.29 bits per heavy atom. The average Bonchev–Trinajstić information content (AvgIpc) is 3.59. The largest absolute Gasteiger partial charge is 0.451 e. The standard InChI is InChI=1S/C26H24N6O3/c33-25(18-35-26(34)21-13-14-23(29-28-21)31-15-7-8-16-31)27-24-17-22(19-9-3-1-4-10-19)30-32(24)20-11-5-2-6-12-20/h1-6,9-14,17H,7-8,15-16,18H2,(H,27,33). The zero-order chi connectivity index (χ0) is 24.0. The number of amides is 1. The van der Waals surface area contributed by atoms with Crippen molar-refractivity contribution in [3.63, 3.8) is 0 Å². The Bertz CT molecular complexity index is 1300. The third kappa shape index (κ3) is 5.19. The third-order valence-electron chi connectivity index (χ3n) is 5.67. The first-order chi connectivity index (χ1) is 17.2. The lowest BCUT2D eigenvalue weighted by Gasteiger charge is -2.15. The lowest BCUT2D eigenvalue weighted by Crippen LogP contribution is -2.23. The summed E-state index contributed by atoms with van der Waals surface area (Å²) in [7, 11) is 0. The van der Waals surface area contributed by atoms with Crippen LogP contribution in [0.25, 0.3) is 16.9 Å². The van der Waals surface area contributed by atoms with Gasteiger partial charge in [-0.2, -0.15) is 5.10 Å². The molecule has 9 nitrogen and oxygen atoms in total. The van der Waals surface area contributed by atoms with E-state index in [0.29, 0.717) is 11.5 Å². The first-order valence-corrected chi connectivity index (χ1v) is 11.4. The number of benzene rings is 2. The van der Waals surface area contributed by atoms with Crippen molar-refractivity contribution in [2.24, 2.45) is 0 Å². The topological polar surface area (TPSA) is 102 Å². The molecule has 1 amide bonds. The Labute approximate surface area is 202 Å². The van der Waals surface area contributed by atoms with Crippen molar-refractivity contribution in [3.05, 3.63) is 84.6 Å². The molecule has 2 aromatic carbocycles. The summed E-state index contributed by atoms with van der Waals surface area (Å²) >= 11 is 0. The maximum Gasteiger partial charge on any atom is 0.359 e. The first-order valence-electron chi connectivity index (χ1n) is 11.4. The number of rotatable bonds is 7. The number of nitrogens with one attached hydrogen (secondary N) is 1. The van der Waals surface area contributed by atoms with Crippen molar-refractivity contribution in [3.8, 4) is 16.9 Å². The molecule has 0 spiro atoms. The number of carbonyl (C=O) groups is 2. The van der Waals surface area contributed by atoms with Gasteiger partial charge in [-0.15, -0.1) is 10.2 Å². The number of para-hydroxylation sites is 1. The van der Waals surface area contributed by atoms with Gasteiger partial charge in [0.1, 0.15) is 5.82 Å². The third-order valence-corrected chi connectivity index (χ3v) is 5.67. The van der Waals surface area contributed by atoms with Crippen LogP contribution in [0.15, 0.2) is 78.9 Å². The molecule has 9 heteroatoms. The van der Waals surface area contributed by atoms with Gasteiger partial charge in [-0.25, -0.2) is 9.48 Å². The molecule has 4 aromatic rings. The van der Waals surface area contributed by atoms with Gasteiger partial charge in [0.05, 0.1) is 11.4 Å². The van der Waals surface area contributed by atoms with E-state index in [1.807, 2.05) is 60.7 Å². The molecule has 1 fully saturated rings. The number of esters is 1. The van der Waals surface area contributed by atoms with E-state index in [2.05, 4.69) is 25.5 Å². The summed E-state index contributed by atoms with van der Waals surface area (Å²) in [6, 6.07) is 24.2. The second-order valence-corrected chi connectivity index (χ2v) is 8.12. The van der Waals surface area contributed by atoms with Crippen molar-refractivity contribution in [2.45, 2.75) is 12.8 Å². The van der Waals surface area contributed by atoms with Crippen molar-refractivity contribution >= 4 is 23.5 Å². The van der Waals surface area contributed by atoms with E-state index in [4.69, 9.17) is 4.74 Å². The van der Waals surface area contributed by atoms with Crippen molar-refractivity contribution in [2.75, 3.05) is 29.9 Å². The molecular weight excluding hydrogens is 444 g/mol. The number of anilines is 2. The molecular formula is C26H24N6O3. The predicted octanol–water partition coefficient (Wildman–Crippen LogP) is 3.73. The van der Waals surface area contributed by atoms with Gasteiger partial charge in [0, 0.05) is 24.7 Å². The summed E-state index contributed by atoms with van der Waals surface area (Å²) in [5.41, 5.74) is 2.46. The van der Waals surface area contributed by atoms with Crippen LogP contribution in [0.5, 0.6) is 0 Å². The van der Waals surface area contributed by atoms with Gasteiger partial charge in [0.2, 0.25) is 0 Å².